The zero-order valence-corrected chi connectivity index (χ0v) is 11.2. The van der Waals surface area contributed by atoms with E-state index in [-0.39, 0.29) is 12.0 Å². The van der Waals surface area contributed by atoms with E-state index in [2.05, 4.69) is 31.0 Å². The molecule has 0 aliphatic carbocycles. The molecule has 0 radical (unpaired) electrons. The van der Waals surface area contributed by atoms with Gasteiger partial charge in [0.25, 0.3) is 0 Å². The van der Waals surface area contributed by atoms with Gasteiger partial charge in [-0.05, 0) is 17.4 Å². The minimum Gasteiger partial charge on any atom is -0.396 e. The molecule has 1 aromatic heterocycles. The monoisotopic (exact) mass is 249 g/mol. The number of hydrogen-bond donors (Lipinski definition) is 1. The molecule has 1 N–H and O–H groups in total. The van der Waals surface area contributed by atoms with Gasteiger partial charge in [-0.15, -0.1) is 11.3 Å². The van der Waals surface area contributed by atoms with Crippen LogP contribution in [0.1, 0.15) is 25.8 Å². The van der Waals surface area contributed by atoms with Crippen molar-refractivity contribution in [2.24, 2.45) is 0 Å². The van der Waals surface area contributed by atoms with Crippen LogP contribution in [0.25, 0.3) is 0 Å². The summed E-state index contributed by atoms with van der Waals surface area (Å²) in [6.45, 7) is 4.55. The van der Waals surface area contributed by atoms with Crippen molar-refractivity contribution in [2.45, 2.75) is 25.7 Å². The highest BCUT2D eigenvalue weighted by Crippen LogP contribution is 2.25. The molecule has 0 spiro atoms. The number of nitrogens with zero attached hydrogens (tertiary/aromatic N) is 1. The SMILES string of the molecule is CC(C)(CCO)c1ccccc1.c1cscn1. The largest absolute Gasteiger partial charge is 0.396 e. The third kappa shape index (κ3) is 5.11. The molecule has 2 aromatic rings. The van der Waals surface area contributed by atoms with Crippen LogP contribution in [0, 0.1) is 0 Å². The Hall–Kier alpha value is -1.19. The van der Waals surface area contributed by atoms with Gasteiger partial charge in [-0.3, -0.25) is 4.98 Å². The number of thiazole rings is 1. The van der Waals surface area contributed by atoms with Crippen LogP contribution in [0.5, 0.6) is 0 Å². The maximum atomic E-state index is 8.86. The number of aliphatic hydroxyl groups is 1. The Labute approximate surface area is 107 Å². The number of benzene rings is 1. The normalized spacial score (nSPS) is 10.5. The molecule has 17 heavy (non-hydrogen) atoms. The smallest absolute Gasteiger partial charge is 0.0791 e. The summed E-state index contributed by atoms with van der Waals surface area (Å²) in [5.74, 6) is 0. The van der Waals surface area contributed by atoms with Gasteiger partial charge in [0.05, 0.1) is 5.51 Å². The molecule has 2 nitrogen and oxygen atoms in total. The van der Waals surface area contributed by atoms with Gasteiger partial charge in [0.1, 0.15) is 0 Å². The molecule has 0 unspecified atom stereocenters. The van der Waals surface area contributed by atoms with E-state index in [9.17, 15) is 0 Å². The number of hydrogen-bond acceptors (Lipinski definition) is 3. The van der Waals surface area contributed by atoms with Gasteiger partial charge in [0.15, 0.2) is 0 Å². The second kappa shape index (κ2) is 7.20. The fourth-order valence-electron chi connectivity index (χ4n) is 1.49. The molecule has 0 saturated heterocycles. The molecule has 92 valence electrons. The van der Waals surface area contributed by atoms with E-state index < -0.39 is 0 Å². The first-order valence-corrected chi connectivity index (χ1v) is 6.59. The van der Waals surface area contributed by atoms with Crippen LogP contribution in [0.2, 0.25) is 0 Å². The molecule has 1 aromatic carbocycles. The number of rotatable bonds is 3. The molecule has 0 saturated carbocycles. The lowest BCUT2D eigenvalue weighted by molar-refractivity contribution is 0.252. The quantitative estimate of drug-likeness (QED) is 0.903. The van der Waals surface area contributed by atoms with Gasteiger partial charge in [-0.1, -0.05) is 44.2 Å². The fourth-order valence-corrected chi connectivity index (χ4v) is 1.84. The summed E-state index contributed by atoms with van der Waals surface area (Å²) < 4.78 is 0. The van der Waals surface area contributed by atoms with Gasteiger partial charge in [0.2, 0.25) is 0 Å². The Morgan fingerprint density at radius 1 is 1.24 bits per heavy atom. The molecule has 0 atom stereocenters. The highest BCUT2D eigenvalue weighted by molar-refractivity contribution is 7.07. The van der Waals surface area contributed by atoms with Crippen LogP contribution in [0.3, 0.4) is 0 Å². The fraction of sp³-hybridized carbons (Fsp3) is 0.357. The Morgan fingerprint density at radius 2 is 1.94 bits per heavy atom. The van der Waals surface area contributed by atoms with E-state index in [1.165, 1.54) is 5.56 Å². The van der Waals surface area contributed by atoms with Crippen molar-refractivity contribution in [1.29, 1.82) is 0 Å². The predicted octanol–water partition coefficient (Wildman–Crippen LogP) is 3.49. The third-order valence-electron chi connectivity index (χ3n) is 2.64. The van der Waals surface area contributed by atoms with E-state index in [0.717, 1.165) is 6.42 Å². The molecule has 0 bridgehead atoms. The van der Waals surface area contributed by atoms with E-state index in [1.54, 1.807) is 23.0 Å². The molecule has 0 aliphatic heterocycles. The van der Waals surface area contributed by atoms with Crippen molar-refractivity contribution in [1.82, 2.24) is 4.98 Å². The van der Waals surface area contributed by atoms with Crippen molar-refractivity contribution in [2.75, 3.05) is 6.61 Å². The summed E-state index contributed by atoms with van der Waals surface area (Å²) in [5.41, 5.74) is 3.18. The van der Waals surface area contributed by atoms with E-state index in [0.29, 0.717) is 0 Å². The first-order valence-electron chi connectivity index (χ1n) is 5.65. The molecular formula is C14H19NOS. The van der Waals surface area contributed by atoms with Crippen molar-refractivity contribution < 1.29 is 5.11 Å². The van der Waals surface area contributed by atoms with Crippen LogP contribution in [0.15, 0.2) is 47.4 Å². The standard InChI is InChI=1S/C11H16O.C3H3NS/c1-11(2,8-9-12)10-6-4-3-5-7-10;1-2-5-3-4-1/h3-7,12H,8-9H2,1-2H3;1-3H. The topological polar surface area (TPSA) is 33.1 Å². The predicted molar refractivity (Wildman–Crippen MR) is 73.3 cm³/mol. The minimum atomic E-state index is 0.0933. The first kappa shape index (κ1) is 13.9. The summed E-state index contributed by atoms with van der Waals surface area (Å²) in [6, 6.07) is 10.3. The Morgan fingerprint density at radius 3 is 2.35 bits per heavy atom. The molecule has 3 heteroatoms. The lowest BCUT2D eigenvalue weighted by Crippen LogP contribution is -2.18. The first-order chi connectivity index (χ1) is 8.17. The van der Waals surface area contributed by atoms with Gasteiger partial charge in [-0.25, -0.2) is 0 Å². The zero-order valence-electron chi connectivity index (χ0n) is 10.3. The minimum absolute atomic E-state index is 0.0933. The van der Waals surface area contributed by atoms with Gasteiger partial charge < -0.3 is 5.11 Å². The van der Waals surface area contributed by atoms with Crippen LogP contribution >= 0.6 is 11.3 Å². The maximum Gasteiger partial charge on any atom is 0.0791 e. The highest BCUT2D eigenvalue weighted by Gasteiger charge is 2.18. The average Bonchev–Trinajstić information content (AvgIpc) is 2.89. The van der Waals surface area contributed by atoms with Crippen LogP contribution in [0.4, 0.5) is 0 Å². The summed E-state index contributed by atoms with van der Waals surface area (Å²) in [4.78, 5) is 3.74. The van der Waals surface area contributed by atoms with E-state index >= 15 is 0 Å². The highest BCUT2D eigenvalue weighted by atomic mass is 32.1. The van der Waals surface area contributed by atoms with Gasteiger partial charge in [0, 0.05) is 18.2 Å². The van der Waals surface area contributed by atoms with Crippen molar-refractivity contribution in [3.05, 3.63) is 53.0 Å². The van der Waals surface area contributed by atoms with Crippen LogP contribution in [-0.4, -0.2) is 16.7 Å². The molecule has 0 aliphatic rings. The third-order valence-corrected chi connectivity index (χ3v) is 3.16. The van der Waals surface area contributed by atoms with E-state index in [1.807, 2.05) is 23.6 Å². The molecule has 2 rings (SSSR count). The lowest BCUT2D eigenvalue weighted by Gasteiger charge is -2.23. The van der Waals surface area contributed by atoms with Crippen molar-refractivity contribution in [3.63, 3.8) is 0 Å². The second-order valence-electron chi connectivity index (χ2n) is 4.40. The summed E-state index contributed by atoms with van der Waals surface area (Å²) in [6.07, 6.45) is 2.58. The van der Waals surface area contributed by atoms with E-state index in [4.69, 9.17) is 5.11 Å². The summed E-state index contributed by atoms with van der Waals surface area (Å²) in [7, 11) is 0. The Balaban J connectivity index is 0.000000239. The van der Waals surface area contributed by atoms with Crippen LogP contribution < -0.4 is 0 Å². The molecule has 0 amide bonds. The van der Waals surface area contributed by atoms with Gasteiger partial charge >= 0.3 is 0 Å². The van der Waals surface area contributed by atoms with Crippen molar-refractivity contribution >= 4 is 11.3 Å². The van der Waals surface area contributed by atoms with Crippen molar-refractivity contribution in [3.8, 4) is 0 Å². The molecule has 0 fully saturated rings. The summed E-state index contributed by atoms with van der Waals surface area (Å²) >= 11 is 1.60. The maximum absolute atomic E-state index is 8.86. The lowest BCUT2D eigenvalue weighted by atomic mass is 9.82. The summed E-state index contributed by atoms with van der Waals surface area (Å²) in [5, 5.41) is 10.8. The number of aliphatic hydroxyl groups excluding tert-OH is 1. The Bertz CT molecular complexity index is 367. The van der Waals surface area contributed by atoms with Gasteiger partial charge in [-0.2, -0.15) is 0 Å². The Kier molecular flexibility index (Phi) is 5.87. The zero-order chi connectivity index (χ0) is 12.6. The molecular weight excluding hydrogens is 230 g/mol. The van der Waals surface area contributed by atoms with Crippen LogP contribution in [-0.2, 0) is 5.41 Å². The number of aromatic nitrogens is 1. The second-order valence-corrected chi connectivity index (χ2v) is 5.15. The average molecular weight is 249 g/mol. The molecule has 1 heterocycles.